The van der Waals surface area contributed by atoms with Gasteiger partial charge in [-0.25, -0.2) is 9.59 Å². The van der Waals surface area contributed by atoms with Crippen molar-refractivity contribution in [2.24, 2.45) is 10.9 Å². The van der Waals surface area contributed by atoms with Gasteiger partial charge in [-0.3, -0.25) is 25.0 Å². The zero-order valence-electron chi connectivity index (χ0n) is 21.0. The van der Waals surface area contributed by atoms with Gasteiger partial charge >= 0.3 is 12.0 Å². The van der Waals surface area contributed by atoms with Gasteiger partial charge in [0.1, 0.15) is 11.6 Å². The summed E-state index contributed by atoms with van der Waals surface area (Å²) in [5.74, 6) is -1.13. The molecule has 10 nitrogen and oxygen atoms in total. The molecule has 1 heterocycles. The predicted molar refractivity (Wildman–Crippen MR) is 139 cm³/mol. The number of amides is 3. The highest BCUT2D eigenvalue weighted by Crippen LogP contribution is 2.27. The van der Waals surface area contributed by atoms with Gasteiger partial charge in [0.2, 0.25) is 5.91 Å². The van der Waals surface area contributed by atoms with Crippen molar-refractivity contribution in [3.63, 3.8) is 0 Å². The largest absolute Gasteiger partial charge is 0.496 e. The SMILES string of the molecule is CCONC1=NC[C@@H](Cc2cc(Cl)ccc2OC)C(=O)N(C(=O)N[C@H](CC)c2ccc(C(=O)O)cc2)C1. The Hall–Kier alpha value is -3.63. The van der Waals surface area contributed by atoms with Gasteiger partial charge in [-0.05, 0) is 61.2 Å². The summed E-state index contributed by atoms with van der Waals surface area (Å²) in [4.78, 5) is 49.1. The normalized spacial score (nSPS) is 16.4. The summed E-state index contributed by atoms with van der Waals surface area (Å²) in [7, 11) is 1.54. The Morgan fingerprint density at radius 2 is 1.95 bits per heavy atom. The smallest absolute Gasteiger partial charge is 0.335 e. The zero-order chi connectivity index (χ0) is 26.9. The molecule has 2 atom stereocenters. The summed E-state index contributed by atoms with van der Waals surface area (Å²) in [6.45, 7) is 4.10. The van der Waals surface area contributed by atoms with E-state index < -0.39 is 29.9 Å². The fourth-order valence-corrected chi connectivity index (χ4v) is 4.21. The molecule has 0 saturated heterocycles. The molecular weight excluding hydrogens is 500 g/mol. The number of imide groups is 1. The van der Waals surface area contributed by atoms with Crippen LogP contribution in [-0.4, -0.2) is 60.6 Å². The number of carboxylic acids is 1. The van der Waals surface area contributed by atoms with Gasteiger partial charge in [0, 0.05) is 5.02 Å². The van der Waals surface area contributed by atoms with E-state index in [0.717, 1.165) is 16.0 Å². The number of halogens is 1. The van der Waals surface area contributed by atoms with E-state index in [1.807, 2.05) is 6.92 Å². The first-order valence-electron chi connectivity index (χ1n) is 12.0. The molecule has 1 aliphatic rings. The molecule has 0 radical (unpaired) electrons. The van der Waals surface area contributed by atoms with Crippen LogP contribution < -0.4 is 15.5 Å². The number of urea groups is 1. The number of hydrogen-bond acceptors (Lipinski definition) is 7. The summed E-state index contributed by atoms with van der Waals surface area (Å²) >= 11 is 6.18. The number of nitrogens with zero attached hydrogens (tertiary/aromatic N) is 2. The van der Waals surface area contributed by atoms with Crippen LogP contribution in [0.25, 0.3) is 0 Å². The maximum absolute atomic E-state index is 13.6. The van der Waals surface area contributed by atoms with E-state index in [1.165, 1.54) is 19.2 Å². The lowest BCUT2D eigenvalue weighted by atomic mass is 9.97. The van der Waals surface area contributed by atoms with E-state index >= 15 is 0 Å². The fraction of sp³-hybridized carbons (Fsp3) is 0.385. The molecule has 2 aromatic rings. The summed E-state index contributed by atoms with van der Waals surface area (Å²) < 4.78 is 5.43. The molecule has 0 saturated carbocycles. The molecule has 3 amide bonds. The number of methoxy groups -OCH3 is 1. The third-order valence-corrected chi connectivity index (χ3v) is 6.21. The third-order valence-electron chi connectivity index (χ3n) is 5.98. The summed E-state index contributed by atoms with van der Waals surface area (Å²) in [6.07, 6.45) is 0.799. The van der Waals surface area contributed by atoms with Crippen LogP contribution in [0.1, 0.15) is 47.8 Å². The van der Waals surface area contributed by atoms with Crippen LogP contribution in [0.5, 0.6) is 5.75 Å². The molecule has 11 heteroatoms. The molecular formula is C26H31ClN4O6. The highest BCUT2D eigenvalue weighted by molar-refractivity contribution is 6.30. The minimum atomic E-state index is -1.03. The van der Waals surface area contributed by atoms with Crippen LogP contribution >= 0.6 is 11.6 Å². The van der Waals surface area contributed by atoms with Crippen LogP contribution in [0.2, 0.25) is 5.02 Å². The minimum absolute atomic E-state index is 0.0950. The van der Waals surface area contributed by atoms with Gasteiger partial charge in [-0.15, -0.1) is 0 Å². The molecule has 3 N–H and O–H groups in total. The topological polar surface area (TPSA) is 130 Å². The fourth-order valence-electron chi connectivity index (χ4n) is 4.02. The van der Waals surface area contributed by atoms with Crippen molar-refractivity contribution in [3.05, 3.63) is 64.2 Å². The Bertz CT molecular complexity index is 1150. The average Bonchev–Trinajstić information content (AvgIpc) is 3.05. The lowest BCUT2D eigenvalue weighted by molar-refractivity contribution is -0.131. The van der Waals surface area contributed by atoms with E-state index in [4.69, 9.17) is 26.3 Å². The molecule has 3 rings (SSSR count). The standard InChI is InChI=1S/C26H31ClN4O6/c1-4-21(16-6-8-17(9-7-16)25(33)34)29-26(35)31-15-23(30-37-5-2)28-14-19(24(31)32)12-18-13-20(27)10-11-22(18)36-3/h6-11,13,19,21H,4-5,12,14-15H2,1-3H3,(H,28,30)(H,29,35)(H,33,34)/t19-,21-/m1/s1. The molecule has 0 fully saturated rings. The number of carbonyl (C=O) groups excluding carboxylic acids is 2. The summed E-state index contributed by atoms with van der Waals surface area (Å²) in [5, 5.41) is 12.6. The first kappa shape index (κ1) is 27.9. The minimum Gasteiger partial charge on any atom is -0.496 e. The van der Waals surface area contributed by atoms with Gasteiger partial charge in [-0.2, -0.15) is 0 Å². The maximum Gasteiger partial charge on any atom is 0.335 e. The number of carboxylic acid groups (broad SMARTS) is 1. The molecule has 0 aliphatic carbocycles. The number of hydrogen-bond donors (Lipinski definition) is 3. The van der Waals surface area contributed by atoms with E-state index in [1.54, 1.807) is 37.3 Å². The number of ether oxygens (including phenoxy) is 1. The Morgan fingerprint density at radius 1 is 1.22 bits per heavy atom. The van der Waals surface area contributed by atoms with Crippen molar-refractivity contribution in [1.82, 2.24) is 15.7 Å². The Morgan fingerprint density at radius 3 is 2.57 bits per heavy atom. The first-order chi connectivity index (χ1) is 17.8. The zero-order valence-corrected chi connectivity index (χ0v) is 21.7. The second kappa shape index (κ2) is 13.1. The van der Waals surface area contributed by atoms with Gasteiger partial charge < -0.3 is 15.2 Å². The van der Waals surface area contributed by atoms with Crippen molar-refractivity contribution < 1.29 is 29.1 Å². The molecule has 0 unspecified atom stereocenters. The van der Waals surface area contributed by atoms with E-state index in [2.05, 4.69) is 15.8 Å². The predicted octanol–water partition coefficient (Wildman–Crippen LogP) is 3.85. The molecule has 1 aliphatic heterocycles. The average molecular weight is 531 g/mol. The highest BCUT2D eigenvalue weighted by Gasteiger charge is 2.34. The summed E-state index contributed by atoms with van der Waals surface area (Å²) in [6, 6.07) is 10.4. The van der Waals surface area contributed by atoms with Crippen molar-refractivity contribution in [2.75, 3.05) is 26.8 Å². The molecule has 198 valence electrons. The van der Waals surface area contributed by atoms with Gasteiger partial charge in [0.05, 0.1) is 44.3 Å². The van der Waals surface area contributed by atoms with Crippen LogP contribution in [0.3, 0.4) is 0 Å². The monoisotopic (exact) mass is 530 g/mol. The van der Waals surface area contributed by atoms with Crippen LogP contribution in [-0.2, 0) is 16.1 Å². The van der Waals surface area contributed by atoms with Gasteiger partial charge in [-0.1, -0.05) is 30.7 Å². The number of benzene rings is 2. The van der Waals surface area contributed by atoms with E-state index in [-0.39, 0.29) is 25.1 Å². The van der Waals surface area contributed by atoms with Crippen molar-refractivity contribution >= 4 is 35.3 Å². The molecule has 0 bridgehead atoms. The van der Waals surface area contributed by atoms with Crippen LogP contribution in [0.4, 0.5) is 4.79 Å². The number of carbonyl (C=O) groups is 3. The first-order valence-corrected chi connectivity index (χ1v) is 12.3. The number of nitrogens with one attached hydrogen (secondary N) is 2. The van der Waals surface area contributed by atoms with E-state index in [9.17, 15) is 14.4 Å². The quantitative estimate of drug-likeness (QED) is 0.420. The second-order valence-corrected chi connectivity index (χ2v) is 8.88. The Labute approximate surface area is 220 Å². The lowest BCUT2D eigenvalue weighted by Crippen LogP contribution is -2.50. The number of aromatic carboxylic acids is 1. The number of hydroxylamine groups is 1. The summed E-state index contributed by atoms with van der Waals surface area (Å²) in [5.41, 5.74) is 4.33. The van der Waals surface area contributed by atoms with Crippen molar-refractivity contribution in [1.29, 1.82) is 0 Å². The lowest BCUT2D eigenvalue weighted by Gasteiger charge is -2.26. The van der Waals surface area contributed by atoms with E-state index in [0.29, 0.717) is 29.6 Å². The molecule has 0 spiro atoms. The second-order valence-electron chi connectivity index (χ2n) is 8.44. The van der Waals surface area contributed by atoms with Crippen LogP contribution in [0, 0.1) is 5.92 Å². The van der Waals surface area contributed by atoms with Gasteiger partial charge in [0.15, 0.2) is 0 Å². The highest BCUT2D eigenvalue weighted by atomic mass is 35.5. The third kappa shape index (κ3) is 7.21. The number of amidine groups is 1. The number of rotatable bonds is 9. The molecule has 2 aromatic carbocycles. The Balaban J connectivity index is 1.85. The molecule has 0 aromatic heterocycles. The Kier molecular flexibility index (Phi) is 9.87. The van der Waals surface area contributed by atoms with Crippen LogP contribution in [0.15, 0.2) is 47.5 Å². The van der Waals surface area contributed by atoms with Gasteiger partial charge in [0.25, 0.3) is 0 Å². The molecule has 37 heavy (non-hydrogen) atoms. The van der Waals surface area contributed by atoms with Crippen molar-refractivity contribution in [3.8, 4) is 5.75 Å². The maximum atomic E-state index is 13.6. The van der Waals surface area contributed by atoms with Crippen molar-refractivity contribution in [2.45, 2.75) is 32.7 Å². The number of aliphatic imine (C=N–C) groups is 1.